The van der Waals surface area contributed by atoms with Crippen molar-refractivity contribution in [3.63, 3.8) is 0 Å². The first-order valence-corrected chi connectivity index (χ1v) is 7.31. The van der Waals surface area contributed by atoms with E-state index in [2.05, 4.69) is 20.5 Å². The molecule has 8 heteroatoms. The van der Waals surface area contributed by atoms with Crippen molar-refractivity contribution in [1.29, 1.82) is 0 Å². The molecule has 1 unspecified atom stereocenters. The Morgan fingerprint density at radius 1 is 1.45 bits per heavy atom. The number of carbonyl (C=O) groups is 1. The lowest BCUT2D eigenvalue weighted by Gasteiger charge is -2.25. The number of carbonyl (C=O) groups excluding carboxylic acids is 1. The van der Waals surface area contributed by atoms with Gasteiger partial charge in [-0.2, -0.15) is 0 Å². The Morgan fingerprint density at radius 3 is 3.09 bits per heavy atom. The van der Waals surface area contributed by atoms with Crippen LogP contribution in [0.2, 0.25) is 0 Å². The first-order chi connectivity index (χ1) is 10.8. The lowest BCUT2D eigenvalue weighted by molar-refractivity contribution is -0.134. The second-order valence-corrected chi connectivity index (χ2v) is 5.24. The minimum absolute atomic E-state index is 0.0477. The van der Waals surface area contributed by atoms with Crippen molar-refractivity contribution in [2.75, 3.05) is 13.2 Å². The van der Waals surface area contributed by atoms with Gasteiger partial charge in [0.05, 0.1) is 18.3 Å². The highest BCUT2D eigenvalue weighted by molar-refractivity contribution is 5.75. The van der Waals surface area contributed by atoms with E-state index in [0.717, 1.165) is 25.1 Å². The fraction of sp³-hybridized carbons (Fsp3) is 0.500. The van der Waals surface area contributed by atoms with Gasteiger partial charge in [0.1, 0.15) is 12.9 Å². The molecule has 1 fully saturated rings. The van der Waals surface area contributed by atoms with Crippen molar-refractivity contribution in [2.24, 2.45) is 0 Å². The van der Waals surface area contributed by atoms with Gasteiger partial charge in [0, 0.05) is 19.3 Å². The maximum atomic E-state index is 12.5. The number of pyridine rings is 1. The summed E-state index contributed by atoms with van der Waals surface area (Å²) >= 11 is 0. The van der Waals surface area contributed by atoms with Crippen LogP contribution in [-0.2, 0) is 22.6 Å². The topological polar surface area (TPSA) is 86.0 Å². The summed E-state index contributed by atoms with van der Waals surface area (Å²) in [6, 6.07) is 5.68. The van der Waals surface area contributed by atoms with Gasteiger partial charge in [-0.3, -0.25) is 9.78 Å². The minimum Gasteiger partial charge on any atom is -0.376 e. The van der Waals surface area contributed by atoms with E-state index in [0.29, 0.717) is 13.1 Å². The van der Waals surface area contributed by atoms with E-state index in [1.54, 1.807) is 11.1 Å². The monoisotopic (exact) mass is 302 g/mol. The number of amides is 1. The van der Waals surface area contributed by atoms with Crippen molar-refractivity contribution in [1.82, 2.24) is 30.1 Å². The van der Waals surface area contributed by atoms with E-state index < -0.39 is 0 Å². The Bertz CT molecular complexity index is 583. The van der Waals surface area contributed by atoms with E-state index in [-0.39, 0.29) is 18.6 Å². The average Bonchev–Trinajstić information content (AvgIpc) is 3.21. The molecule has 0 aromatic carbocycles. The summed E-state index contributed by atoms with van der Waals surface area (Å²) in [4.78, 5) is 18.6. The molecule has 116 valence electrons. The molecule has 3 heterocycles. The molecule has 0 saturated carbocycles. The molecule has 1 saturated heterocycles. The largest absolute Gasteiger partial charge is 0.376 e. The number of ether oxygens (including phenoxy) is 1. The molecular weight excluding hydrogens is 284 g/mol. The minimum atomic E-state index is -0.0477. The summed E-state index contributed by atoms with van der Waals surface area (Å²) in [5.74, 6) is -0.0477. The third-order valence-corrected chi connectivity index (χ3v) is 3.57. The molecule has 2 aromatic rings. The SMILES string of the molecule is O=C(Cn1cnnn1)N(Cc1ccccn1)CC1CCCO1. The summed E-state index contributed by atoms with van der Waals surface area (Å²) in [6.07, 6.45) is 5.29. The number of nitrogens with zero attached hydrogens (tertiary/aromatic N) is 6. The maximum Gasteiger partial charge on any atom is 0.244 e. The summed E-state index contributed by atoms with van der Waals surface area (Å²) in [6.45, 7) is 1.91. The van der Waals surface area contributed by atoms with Gasteiger partial charge in [-0.15, -0.1) is 5.10 Å². The molecule has 1 aliphatic heterocycles. The predicted octanol–water partition coefficient (Wildman–Crippen LogP) is 0.276. The molecule has 1 aliphatic rings. The second kappa shape index (κ2) is 7.08. The Kier molecular flexibility index (Phi) is 4.69. The van der Waals surface area contributed by atoms with Crippen molar-refractivity contribution in [3.05, 3.63) is 36.4 Å². The van der Waals surface area contributed by atoms with Crippen LogP contribution in [0.1, 0.15) is 18.5 Å². The summed E-state index contributed by atoms with van der Waals surface area (Å²) in [5.41, 5.74) is 0.852. The Hall–Kier alpha value is -2.35. The third-order valence-electron chi connectivity index (χ3n) is 3.57. The zero-order valence-corrected chi connectivity index (χ0v) is 12.2. The molecule has 22 heavy (non-hydrogen) atoms. The smallest absolute Gasteiger partial charge is 0.244 e. The van der Waals surface area contributed by atoms with Gasteiger partial charge in [-0.25, -0.2) is 4.68 Å². The maximum absolute atomic E-state index is 12.5. The fourth-order valence-corrected chi connectivity index (χ4v) is 2.47. The second-order valence-electron chi connectivity index (χ2n) is 5.24. The number of aromatic nitrogens is 5. The normalized spacial score (nSPS) is 17.5. The average molecular weight is 302 g/mol. The first kappa shape index (κ1) is 14.6. The lowest BCUT2D eigenvalue weighted by atomic mass is 10.2. The number of hydrogen-bond acceptors (Lipinski definition) is 6. The Balaban J connectivity index is 1.68. The molecule has 0 bridgehead atoms. The molecule has 0 spiro atoms. The van der Waals surface area contributed by atoms with Crippen LogP contribution < -0.4 is 0 Å². The van der Waals surface area contributed by atoms with E-state index in [1.165, 1.54) is 11.0 Å². The van der Waals surface area contributed by atoms with Crippen molar-refractivity contribution >= 4 is 5.91 Å². The van der Waals surface area contributed by atoms with Gasteiger partial charge in [0.25, 0.3) is 0 Å². The zero-order chi connectivity index (χ0) is 15.2. The van der Waals surface area contributed by atoms with Crippen LogP contribution in [0.5, 0.6) is 0 Å². The van der Waals surface area contributed by atoms with Crippen LogP contribution in [-0.4, -0.2) is 55.3 Å². The van der Waals surface area contributed by atoms with Crippen molar-refractivity contribution < 1.29 is 9.53 Å². The van der Waals surface area contributed by atoms with Gasteiger partial charge >= 0.3 is 0 Å². The first-order valence-electron chi connectivity index (χ1n) is 7.31. The Labute approximate surface area is 128 Å². The van der Waals surface area contributed by atoms with E-state index in [9.17, 15) is 4.79 Å². The van der Waals surface area contributed by atoms with Gasteiger partial charge in [0.15, 0.2) is 0 Å². The highest BCUT2D eigenvalue weighted by atomic mass is 16.5. The van der Waals surface area contributed by atoms with Crippen molar-refractivity contribution in [2.45, 2.75) is 32.0 Å². The molecule has 1 atom stereocenters. The molecule has 0 N–H and O–H groups in total. The lowest BCUT2D eigenvalue weighted by Crippen LogP contribution is -2.39. The zero-order valence-electron chi connectivity index (χ0n) is 12.2. The molecule has 0 aliphatic carbocycles. The summed E-state index contributed by atoms with van der Waals surface area (Å²) < 4.78 is 7.06. The highest BCUT2D eigenvalue weighted by Crippen LogP contribution is 2.15. The Morgan fingerprint density at radius 2 is 2.41 bits per heavy atom. The van der Waals surface area contributed by atoms with Crippen LogP contribution in [0.4, 0.5) is 0 Å². The highest BCUT2D eigenvalue weighted by Gasteiger charge is 2.23. The van der Waals surface area contributed by atoms with Crippen LogP contribution in [0, 0.1) is 0 Å². The fourth-order valence-electron chi connectivity index (χ4n) is 2.47. The molecule has 2 aromatic heterocycles. The van der Waals surface area contributed by atoms with Crippen LogP contribution in [0.25, 0.3) is 0 Å². The molecule has 3 rings (SSSR count). The van der Waals surface area contributed by atoms with Crippen LogP contribution >= 0.6 is 0 Å². The van der Waals surface area contributed by atoms with E-state index >= 15 is 0 Å². The molecular formula is C14H18N6O2. The number of hydrogen-bond donors (Lipinski definition) is 0. The van der Waals surface area contributed by atoms with Gasteiger partial charge < -0.3 is 9.64 Å². The summed E-state index contributed by atoms with van der Waals surface area (Å²) in [5, 5.41) is 10.8. The predicted molar refractivity (Wildman–Crippen MR) is 76.4 cm³/mol. The van der Waals surface area contributed by atoms with E-state index in [1.807, 2.05) is 18.2 Å². The van der Waals surface area contributed by atoms with Crippen molar-refractivity contribution in [3.8, 4) is 0 Å². The number of tetrazole rings is 1. The molecule has 1 amide bonds. The van der Waals surface area contributed by atoms with E-state index in [4.69, 9.17) is 4.74 Å². The quantitative estimate of drug-likeness (QED) is 0.761. The van der Waals surface area contributed by atoms with Gasteiger partial charge in [0.2, 0.25) is 5.91 Å². The van der Waals surface area contributed by atoms with Crippen LogP contribution in [0.15, 0.2) is 30.7 Å². The molecule has 0 radical (unpaired) electrons. The third kappa shape index (κ3) is 3.85. The number of rotatable bonds is 6. The standard InChI is InChI=1S/C14H18N6O2/c21-14(10-20-11-16-17-18-20)19(9-13-5-3-7-22-13)8-12-4-1-2-6-15-12/h1-2,4,6,11,13H,3,5,7-10H2. The molecule has 8 nitrogen and oxygen atoms in total. The van der Waals surface area contributed by atoms with Gasteiger partial charge in [-0.1, -0.05) is 6.07 Å². The van der Waals surface area contributed by atoms with Gasteiger partial charge in [-0.05, 0) is 35.4 Å². The van der Waals surface area contributed by atoms with Crippen LogP contribution in [0.3, 0.4) is 0 Å². The summed E-state index contributed by atoms with van der Waals surface area (Å²) in [7, 11) is 0.